The van der Waals surface area contributed by atoms with Crippen molar-refractivity contribution in [3.63, 3.8) is 0 Å². The number of nitrogens with one attached hydrogen (secondary N) is 2. The molecule has 0 saturated carbocycles. The van der Waals surface area contributed by atoms with Crippen molar-refractivity contribution >= 4 is 37.5 Å². The number of aromatic amines is 1. The van der Waals surface area contributed by atoms with E-state index in [1.54, 1.807) is 13.8 Å². The van der Waals surface area contributed by atoms with Gasteiger partial charge in [0.25, 0.3) is 0 Å². The molecular formula is C18H23BrN4O3S. The average Bonchev–Trinajstić information content (AvgIpc) is 2.97. The molecule has 7 nitrogen and oxygen atoms in total. The molecule has 2 aromatic rings. The van der Waals surface area contributed by atoms with Crippen LogP contribution >= 0.6 is 15.9 Å². The third-order valence-corrected chi connectivity index (χ3v) is 7.96. The van der Waals surface area contributed by atoms with Gasteiger partial charge in [-0.3, -0.25) is 9.89 Å². The van der Waals surface area contributed by atoms with Crippen LogP contribution in [0.3, 0.4) is 0 Å². The number of halogens is 1. The fourth-order valence-electron chi connectivity index (χ4n) is 3.37. The van der Waals surface area contributed by atoms with Gasteiger partial charge < -0.3 is 5.32 Å². The number of anilines is 1. The van der Waals surface area contributed by atoms with Gasteiger partial charge in [0.05, 0.1) is 11.4 Å². The summed E-state index contributed by atoms with van der Waals surface area (Å²) < 4.78 is 28.2. The van der Waals surface area contributed by atoms with Gasteiger partial charge in [-0.15, -0.1) is 0 Å². The van der Waals surface area contributed by atoms with Gasteiger partial charge in [0.2, 0.25) is 15.9 Å². The lowest BCUT2D eigenvalue weighted by Crippen LogP contribution is -2.41. The summed E-state index contributed by atoms with van der Waals surface area (Å²) in [5.41, 5.74) is 2.80. The number of benzene rings is 1. The lowest BCUT2D eigenvalue weighted by Gasteiger charge is -2.30. The number of carbonyl (C=O) groups is 1. The van der Waals surface area contributed by atoms with E-state index in [2.05, 4.69) is 31.4 Å². The Kier molecular flexibility index (Phi) is 5.73. The minimum atomic E-state index is -3.60. The Morgan fingerprint density at radius 1 is 1.26 bits per heavy atom. The molecule has 1 aliphatic heterocycles. The number of nitrogens with zero attached hydrogens (tertiary/aromatic N) is 2. The maximum Gasteiger partial charge on any atom is 0.246 e. The van der Waals surface area contributed by atoms with Crippen LogP contribution in [-0.2, 0) is 14.8 Å². The van der Waals surface area contributed by atoms with Gasteiger partial charge in [-0.1, -0.05) is 15.9 Å². The van der Waals surface area contributed by atoms with E-state index in [1.807, 2.05) is 25.1 Å². The highest BCUT2D eigenvalue weighted by Crippen LogP contribution is 2.28. The molecule has 0 aliphatic carbocycles. The van der Waals surface area contributed by atoms with E-state index in [9.17, 15) is 13.2 Å². The average molecular weight is 455 g/mol. The molecule has 2 heterocycles. The minimum absolute atomic E-state index is 0.0653. The van der Waals surface area contributed by atoms with Gasteiger partial charge in [-0.2, -0.15) is 9.40 Å². The molecule has 0 bridgehead atoms. The Labute approximate surface area is 167 Å². The fraction of sp³-hybridized carbons (Fsp3) is 0.444. The van der Waals surface area contributed by atoms with Crippen molar-refractivity contribution < 1.29 is 13.2 Å². The van der Waals surface area contributed by atoms with Crippen LogP contribution in [0.25, 0.3) is 0 Å². The van der Waals surface area contributed by atoms with Crippen molar-refractivity contribution in [3.8, 4) is 0 Å². The summed E-state index contributed by atoms with van der Waals surface area (Å²) in [6, 6.07) is 5.65. The SMILES string of the molecule is Cc1cc(NC(=O)C2CCN(S(=O)(=O)c3c(C)n[nH]c3C)CC2)ccc1Br. The van der Waals surface area contributed by atoms with Crippen molar-refractivity contribution in [3.05, 3.63) is 39.6 Å². The number of aromatic nitrogens is 2. The molecule has 146 valence electrons. The standard InChI is InChI=1S/C18H23BrN4O3S/c1-11-10-15(4-5-16(11)19)20-18(24)14-6-8-23(9-7-14)27(25,26)17-12(2)21-22-13(17)3/h4-5,10,14H,6-9H2,1-3H3,(H,20,24)(H,21,22). The highest BCUT2D eigenvalue weighted by Gasteiger charge is 2.34. The Hall–Kier alpha value is -1.71. The number of H-pyrrole nitrogens is 1. The number of sulfonamides is 1. The summed E-state index contributed by atoms with van der Waals surface area (Å²) in [4.78, 5) is 12.8. The first kappa shape index (κ1) is 20.0. The van der Waals surface area contributed by atoms with Crippen LogP contribution in [0, 0.1) is 26.7 Å². The highest BCUT2D eigenvalue weighted by molar-refractivity contribution is 9.10. The van der Waals surface area contributed by atoms with E-state index in [-0.39, 0.29) is 16.7 Å². The topological polar surface area (TPSA) is 95.2 Å². The maximum absolute atomic E-state index is 12.9. The van der Waals surface area contributed by atoms with Gasteiger partial charge in [0.1, 0.15) is 4.90 Å². The van der Waals surface area contributed by atoms with Crippen LogP contribution in [0.4, 0.5) is 5.69 Å². The van der Waals surface area contributed by atoms with Gasteiger partial charge in [0.15, 0.2) is 0 Å². The number of rotatable bonds is 4. The molecule has 0 radical (unpaired) electrons. The number of hydrogen-bond acceptors (Lipinski definition) is 4. The van der Waals surface area contributed by atoms with E-state index in [0.29, 0.717) is 37.3 Å². The molecule has 1 aromatic carbocycles. The Balaban J connectivity index is 1.64. The van der Waals surface area contributed by atoms with Crippen LogP contribution in [0.2, 0.25) is 0 Å². The first-order valence-electron chi connectivity index (χ1n) is 8.79. The largest absolute Gasteiger partial charge is 0.326 e. The van der Waals surface area contributed by atoms with E-state index in [1.165, 1.54) is 4.31 Å². The third kappa shape index (κ3) is 4.09. The molecule has 1 saturated heterocycles. The summed E-state index contributed by atoms with van der Waals surface area (Å²) in [7, 11) is -3.60. The second kappa shape index (κ2) is 7.73. The summed E-state index contributed by atoms with van der Waals surface area (Å²) in [5, 5.41) is 9.64. The molecule has 1 aromatic heterocycles. The third-order valence-electron chi connectivity index (χ3n) is 4.91. The number of piperidine rings is 1. The predicted octanol–water partition coefficient (Wildman–Crippen LogP) is 3.14. The van der Waals surface area contributed by atoms with Gasteiger partial charge >= 0.3 is 0 Å². The number of hydrogen-bond donors (Lipinski definition) is 2. The van der Waals surface area contributed by atoms with E-state index in [0.717, 1.165) is 15.7 Å². The van der Waals surface area contributed by atoms with Gasteiger partial charge in [-0.25, -0.2) is 8.42 Å². The normalized spacial score (nSPS) is 16.4. The molecule has 3 rings (SSSR count). The van der Waals surface area contributed by atoms with Crippen LogP contribution in [0.15, 0.2) is 27.6 Å². The van der Waals surface area contributed by atoms with E-state index >= 15 is 0 Å². The van der Waals surface area contributed by atoms with Crippen LogP contribution in [-0.4, -0.2) is 41.9 Å². The molecule has 1 amide bonds. The summed E-state index contributed by atoms with van der Waals surface area (Å²) in [6.45, 7) is 5.99. The molecular weight excluding hydrogens is 432 g/mol. The molecule has 0 unspecified atom stereocenters. The summed E-state index contributed by atoms with van der Waals surface area (Å²) in [5.74, 6) is -0.267. The first-order valence-corrected chi connectivity index (χ1v) is 11.0. The van der Waals surface area contributed by atoms with Crippen molar-refractivity contribution in [1.82, 2.24) is 14.5 Å². The van der Waals surface area contributed by atoms with Gasteiger partial charge in [0, 0.05) is 29.2 Å². The Morgan fingerprint density at radius 3 is 2.48 bits per heavy atom. The zero-order valence-electron chi connectivity index (χ0n) is 15.5. The smallest absolute Gasteiger partial charge is 0.246 e. The minimum Gasteiger partial charge on any atom is -0.326 e. The first-order chi connectivity index (χ1) is 12.7. The van der Waals surface area contributed by atoms with Crippen molar-refractivity contribution in [2.45, 2.75) is 38.5 Å². The highest BCUT2D eigenvalue weighted by atomic mass is 79.9. The predicted molar refractivity (Wildman–Crippen MR) is 107 cm³/mol. The zero-order chi connectivity index (χ0) is 19.8. The Morgan fingerprint density at radius 2 is 1.93 bits per heavy atom. The van der Waals surface area contributed by atoms with E-state index in [4.69, 9.17) is 0 Å². The molecule has 0 atom stereocenters. The fourth-order valence-corrected chi connectivity index (χ4v) is 5.42. The lowest BCUT2D eigenvalue weighted by molar-refractivity contribution is -0.120. The summed E-state index contributed by atoms with van der Waals surface area (Å²) >= 11 is 3.44. The lowest BCUT2D eigenvalue weighted by atomic mass is 9.97. The number of aryl methyl sites for hydroxylation is 3. The van der Waals surface area contributed by atoms with Crippen molar-refractivity contribution in [2.24, 2.45) is 5.92 Å². The number of carbonyl (C=O) groups excluding carboxylic acids is 1. The second-order valence-electron chi connectivity index (χ2n) is 6.89. The van der Waals surface area contributed by atoms with Crippen LogP contribution in [0.1, 0.15) is 29.8 Å². The van der Waals surface area contributed by atoms with Crippen molar-refractivity contribution in [1.29, 1.82) is 0 Å². The number of amides is 1. The zero-order valence-corrected chi connectivity index (χ0v) is 17.9. The molecule has 0 spiro atoms. The summed E-state index contributed by atoms with van der Waals surface area (Å²) in [6.07, 6.45) is 0.993. The molecule has 2 N–H and O–H groups in total. The van der Waals surface area contributed by atoms with Crippen molar-refractivity contribution in [2.75, 3.05) is 18.4 Å². The van der Waals surface area contributed by atoms with E-state index < -0.39 is 10.0 Å². The Bertz CT molecular complexity index is 943. The second-order valence-corrected chi connectivity index (χ2v) is 9.62. The molecule has 9 heteroatoms. The molecule has 1 aliphatic rings. The quantitative estimate of drug-likeness (QED) is 0.741. The van der Waals surface area contributed by atoms with Crippen LogP contribution in [0.5, 0.6) is 0 Å². The molecule has 1 fully saturated rings. The van der Waals surface area contributed by atoms with Gasteiger partial charge in [-0.05, 0) is 57.4 Å². The monoisotopic (exact) mass is 454 g/mol. The maximum atomic E-state index is 12.9. The van der Waals surface area contributed by atoms with Crippen LogP contribution < -0.4 is 5.32 Å². The molecule has 27 heavy (non-hydrogen) atoms.